The lowest BCUT2D eigenvalue weighted by Crippen LogP contribution is -2.57. The lowest BCUT2D eigenvalue weighted by Gasteiger charge is -2.39. The summed E-state index contributed by atoms with van der Waals surface area (Å²) in [5.41, 5.74) is 0.881. The van der Waals surface area contributed by atoms with Crippen LogP contribution in [0.4, 0.5) is 5.69 Å². The molecule has 0 saturated carbocycles. The molecule has 2 amide bonds. The number of anilines is 1. The van der Waals surface area contributed by atoms with Gasteiger partial charge in [-0.1, -0.05) is 29.8 Å². The predicted molar refractivity (Wildman–Crippen MR) is 87.1 cm³/mol. The van der Waals surface area contributed by atoms with Crippen molar-refractivity contribution in [2.45, 2.75) is 33.2 Å². The Morgan fingerprint density at radius 1 is 1.29 bits per heavy atom. The van der Waals surface area contributed by atoms with Crippen molar-refractivity contribution in [3.8, 4) is 0 Å². The lowest BCUT2D eigenvalue weighted by molar-refractivity contribution is -0.141. The summed E-state index contributed by atoms with van der Waals surface area (Å²) in [4.78, 5) is 28.2. The van der Waals surface area contributed by atoms with E-state index in [-0.39, 0.29) is 11.8 Å². The van der Waals surface area contributed by atoms with Gasteiger partial charge in [-0.25, -0.2) is 0 Å². The number of hydrogen-bond acceptors (Lipinski definition) is 2. The van der Waals surface area contributed by atoms with Crippen molar-refractivity contribution >= 4 is 33.4 Å². The number of rotatable bonds is 3. The normalized spacial score (nSPS) is 19.3. The van der Waals surface area contributed by atoms with Crippen molar-refractivity contribution < 1.29 is 9.59 Å². The highest BCUT2D eigenvalue weighted by atomic mass is 79.9. The van der Waals surface area contributed by atoms with Crippen LogP contribution in [0.1, 0.15) is 27.2 Å². The van der Waals surface area contributed by atoms with Crippen molar-refractivity contribution in [3.05, 3.63) is 28.7 Å². The Labute approximate surface area is 134 Å². The molecule has 0 aliphatic carbocycles. The van der Waals surface area contributed by atoms with Gasteiger partial charge in [-0.15, -0.1) is 0 Å². The molecule has 4 nitrogen and oxygen atoms in total. The molecular formula is C16H21BrN2O2. The fraction of sp³-hybridized carbons (Fsp3) is 0.500. The quantitative estimate of drug-likeness (QED) is 0.838. The molecule has 1 fully saturated rings. The topological polar surface area (TPSA) is 40.6 Å². The molecule has 1 aliphatic rings. The van der Waals surface area contributed by atoms with Crippen LogP contribution in [0.5, 0.6) is 0 Å². The van der Waals surface area contributed by atoms with Crippen LogP contribution in [0, 0.1) is 5.92 Å². The Kier molecular flexibility index (Phi) is 5.04. The monoisotopic (exact) mass is 352 g/mol. The number of carbonyl (C=O) groups is 2. The number of piperazine rings is 1. The van der Waals surface area contributed by atoms with Crippen LogP contribution in [0.2, 0.25) is 0 Å². The number of benzene rings is 1. The second-order valence-electron chi connectivity index (χ2n) is 5.83. The Morgan fingerprint density at radius 2 is 1.90 bits per heavy atom. The van der Waals surface area contributed by atoms with Gasteiger partial charge in [-0.05, 0) is 37.1 Å². The molecule has 21 heavy (non-hydrogen) atoms. The molecule has 2 rings (SSSR count). The first-order chi connectivity index (χ1) is 9.90. The molecule has 0 spiro atoms. The maximum Gasteiger partial charge on any atom is 0.249 e. The van der Waals surface area contributed by atoms with Gasteiger partial charge in [0.2, 0.25) is 11.8 Å². The zero-order chi connectivity index (χ0) is 15.6. The van der Waals surface area contributed by atoms with Gasteiger partial charge in [0.05, 0.1) is 0 Å². The second-order valence-corrected chi connectivity index (χ2v) is 6.74. The molecule has 0 N–H and O–H groups in total. The lowest BCUT2D eigenvalue weighted by atomic mass is 10.1. The van der Waals surface area contributed by atoms with E-state index in [9.17, 15) is 9.59 Å². The highest BCUT2D eigenvalue weighted by Gasteiger charge is 2.34. The molecule has 1 unspecified atom stereocenters. The van der Waals surface area contributed by atoms with E-state index in [1.165, 1.54) is 0 Å². The summed E-state index contributed by atoms with van der Waals surface area (Å²) in [6, 6.07) is 7.28. The standard InChI is InChI=1S/C16H21BrN2O2/c1-11(2)10-15(20)18-8-9-19(16(21)12(18)3)14-6-4-13(17)5-7-14/h4-7,11-12H,8-10H2,1-3H3. The summed E-state index contributed by atoms with van der Waals surface area (Å²) in [5.74, 6) is 0.367. The van der Waals surface area contributed by atoms with Gasteiger partial charge in [0, 0.05) is 29.7 Å². The summed E-state index contributed by atoms with van der Waals surface area (Å²) in [5, 5.41) is 0. The third-order valence-corrected chi connectivity index (χ3v) is 4.23. The number of carbonyl (C=O) groups excluding carboxylic acids is 2. The smallest absolute Gasteiger partial charge is 0.249 e. The SMILES string of the molecule is CC(C)CC(=O)N1CCN(c2ccc(Br)cc2)C(=O)C1C. The van der Waals surface area contributed by atoms with Gasteiger partial charge in [0.15, 0.2) is 0 Å². The molecule has 5 heteroatoms. The zero-order valence-corrected chi connectivity index (χ0v) is 14.3. The predicted octanol–water partition coefficient (Wildman–Crippen LogP) is 3.06. The van der Waals surface area contributed by atoms with Crippen molar-refractivity contribution in [3.63, 3.8) is 0 Å². The molecule has 1 heterocycles. The van der Waals surface area contributed by atoms with E-state index in [1.807, 2.05) is 45.0 Å². The summed E-state index contributed by atoms with van der Waals surface area (Å²) in [7, 11) is 0. The number of halogens is 1. The molecule has 1 aromatic rings. The Morgan fingerprint density at radius 3 is 2.48 bits per heavy atom. The molecule has 1 aliphatic heterocycles. The minimum atomic E-state index is -0.395. The first-order valence-corrected chi connectivity index (χ1v) is 8.06. The summed E-state index contributed by atoms with van der Waals surface area (Å²) in [6.45, 7) is 6.99. The fourth-order valence-corrected chi connectivity index (χ4v) is 2.82. The van der Waals surface area contributed by atoms with E-state index in [0.717, 1.165) is 10.2 Å². The van der Waals surface area contributed by atoms with Crippen molar-refractivity contribution in [1.29, 1.82) is 0 Å². The number of amides is 2. The fourth-order valence-electron chi connectivity index (χ4n) is 2.55. The highest BCUT2D eigenvalue weighted by Crippen LogP contribution is 2.23. The van der Waals surface area contributed by atoms with Crippen LogP contribution in [0.3, 0.4) is 0 Å². The minimum absolute atomic E-state index is 0.0133. The molecule has 1 saturated heterocycles. The maximum atomic E-state index is 12.5. The van der Waals surface area contributed by atoms with Crippen LogP contribution in [0.15, 0.2) is 28.7 Å². The van der Waals surface area contributed by atoms with Gasteiger partial charge in [-0.3, -0.25) is 9.59 Å². The minimum Gasteiger partial charge on any atom is -0.329 e. The summed E-state index contributed by atoms with van der Waals surface area (Å²) < 4.78 is 0.984. The van der Waals surface area contributed by atoms with E-state index < -0.39 is 6.04 Å². The highest BCUT2D eigenvalue weighted by molar-refractivity contribution is 9.10. The van der Waals surface area contributed by atoms with Crippen LogP contribution in [0.25, 0.3) is 0 Å². The Bertz CT molecular complexity index is 528. The first kappa shape index (κ1) is 16.0. The Balaban J connectivity index is 2.10. The first-order valence-electron chi connectivity index (χ1n) is 7.26. The average Bonchev–Trinajstić information content (AvgIpc) is 2.42. The van der Waals surface area contributed by atoms with Crippen LogP contribution in [-0.2, 0) is 9.59 Å². The van der Waals surface area contributed by atoms with E-state index >= 15 is 0 Å². The maximum absolute atomic E-state index is 12.5. The molecule has 1 aromatic carbocycles. The summed E-state index contributed by atoms with van der Waals surface area (Å²) >= 11 is 3.39. The largest absolute Gasteiger partial charge is 0.329 e. The average molecular weight is 353 g/mol. The molecule has 0 aromatic heterocycles. The van der Waals surface area contributed by atoms with E-state index in [0.29, 0.717) is 25.4 Å². The van der Waals surface area contributed by atoms with E-state index in [2.05, 4.69) is 15.9 Å². The molecule has 114 valence electrons. The molecule has 1 atom stereocenters. The van der Waals surface area contributed by atoms with Gasteiger partial charge in [-0.2, -0.15) is 0 Å². The van der Waals surface area contributed by atoms with Crippen LogP contribution in [-0.4, -0.2) is 35.8 Å². The van der Waals surface area contributed by atoms with E-state index in [4.69, 9.17) is 0 Å². The van der Waals surface area contributed by atoms with Crippen LogP contribution < -0.4 is 4.90 Å². The second kappa shape index (κ2) is 6.60. The zero-order valence-electron chi connectivity index (χ0n) is 12.7. The number of nitrogens with zero attached hydrogens (tertiary/aromatic N) is 2. The molecular weight excluding hydrogens is 332 g/mol. The third-order valence-electron chi connectivity index (χ3n) is 3.70. The van der Waals surface area contributed by atoms with Crippen LogP contribution >= 0.6 is 15.9 Å². The van der Waals surface area contributed by atoms with Gasteiger partial charge in [0.25, 0.3) is 0 Å². The van der Waals surface area contributed by atoms with E-state index in [1.54, 1.807) is 9.80 Å². The van der Waals surface area contributed by atoms with Gasteiger partial charge in [0.1, 0.15) is 6.04 Å². The van der Waals surface area contributed by atoms with Gasteiger partial charge < -0.3 is 9.80 Å². The van der Waals surface area contributed by atoms with Crippen molar-refractivity contribution in [1.82, 2.24) is 4.90 Å². The molecule has 0 bridgehead atoms. The van der Waals surface area contributed by atoms with Crippen molar-refractivity contribution in [2.24, 2.45) is 5.92 Å². The number of hydrogen-bond donors (Lipinski definition) is 0. The summed E-state index contributed by atoms with van der Waals surface area (Å²) in [6.07, 6.45) is 0.496. The van der Waals surface area contributed by atoms with Gasteiger partial charge >= 0.3 is 0 Å². The van der Waals surface area contributed by atoms with Crippen molar-refractivity contribution in [2.75, 3.05) is 18.0 Å². The third kappa shape index (κ3) is 3.64. The molecule has 0 radical (unpaired) electrons. The Hall–Kier alpha value is -1.36.